The van der Waals surface area contributed by atoms with Crippen molar-refractivity contribution >= 4 is 0 Å². The monoisotopic (exact) mass is 255 g/mol. The highest BCUT2D eigenvalue weighted by molar-refractivity contribution is 5.21. The summed E-state index contributed by atoms with van der Waals surface area (Å²) in [6.45, 7) is 5.44. The summed E-state index contributed by atoms with van der Waals surface area (Å²) >= 11 is 0. The quantitative estimate of drug-likeness (QED) is 0.876. The molecule has 1 N–H and O–H groups in total. The second kappa shape index (κ2) is 5.33. The first-order valence-corrected chi connectivity index (χ1v) is 6.35. The van der Waals surface area contributed by atoms with E-state index in [-0.39, 0.29) is 11.6 Å². The van der Waals surface area contributed by atoms with Crippen molar-refractivity contribution in [1.82, 2.24) is 5.32 Å². The number of benzene rings is 1. The lowest BCUT2D eigenvalue weighted by molar-refractivity contribution is 0.0649. The van der Waals surface area contributed by atoms with Gasteiger partial charge in [-0.2, -0.15) is 0 Å². The van der Waals surface area contributed by atoms with E-state index in [2.05, 4.69) is 19.2 Å². The number of halogens is 2. The molecule has 1 saturated heterocycles. The minimum atomic E-state index is -0.559. The largest absolute Gasteiger partial charge is 0.372 e. The topological polar surface area (TPSA) is 21.3 Å². The maximum atomic E-state index is 13.2. The van der Waals surface area contributed by atoms with E-state index in [0.717, 1.165) is 18.9 Å². The van der Waals surface area contributed by atoms with Gasteiger partial charge in [-0.3, -0.25) is 0 Å². The third-order valence-electron chi connectivity index (χ3n) is 3.72. The van der Waals surface area contributed by atoms with Crippen molar-refractivity contribution in [2.45, 2.75) is 38.3 Å². The Morgan fingerprint density at radius 1 is 1.33 bits per heavy atom. The molecule has 2 atom stereocenters. The fraction of sp³-hybridized carbons (Fsp3) is 0.571. The van der Waals surface area contributed by atoms with E-state index < -0.39 is 11.6 Å². The smallest absolute Gasteiger partial charge is 0.126 e. The molecular formula is C14H19F2NO. The average molecular weight is 255 g/mol. The molecule has 1 aromatic rings. The van der Waals surface area contributed by atoms with E-state index in [1.807, 2.05) is 0 Å². The highest BCUT2D eigenvalue weighted by Gasteiger charge is 2.27. The Labute approximate surface area is 106 Å². The number of hydrogen-bond acceptors (Lipinski definition) is 2. The second-order valence-corrected chi connectivity index (χ2v) is 5.11. The van der Waals surface area contributed by atoms with Crippen molar-refractivity contribution in [3.05, 3.63) is 35.4 Å². The molecule has 0 aliphatic carbocycles. The summed E-state index contributed by atoms with van der Waals surface area (Å²) in [5.74, 6) is -1.12. The van der Waals surface area contributed by atoms with Gasteiger partial charge in [0.2, 0.25) is 0 Å². The summed E-state index contributed by atoms with van der Waals surface area (Å²) in [7, 11) is 0. The van der Waals surface area contributed by atoms with Crippen LogP contribution >= 0.6 is 0 Å². The van der Waals surface area contributed by atoms with Crippen LogP contribution in [-0.2, 0) is 4.74 Å². The van der Waals surface area contributed by atoms with Crippen LogP contribution in [-0.4, -0.2) is 18.7 Å². The van der Waals surface area contributed by atoms with Gasteiger partial charge in [0.1, 0.15) is 11.6 Å². The van der Waals surface area contributed by atoms with Crippen molar-refractivity contribution in [2.24, 2.45) is 0 Å². The van der Waals surface area contributed by atoms with Crippen LogP contribution in [0, 0.1) is 11.6 Å². The molecule has 4 heteroatoms. The number of nitrogens with one attached hydrogen (secondary N) is 1. The molecule has 0 bridgehead atoms. The maximum Gasteiger partial charge on any atom is 0.126 e. The standard InChI is InChI=1S/C14H19F2NO/c1-3-14(2)4-5-18-13(9-17-14)10-6-11(15)8-12(16)7-10/h6-8,13,17H,3-5,9H2,1-2H3. The number of rotatable bonds is 2. The van der Waals surface area contributed by atoms with Crippen LogP contribution in [0.15, 0.2) is 18.2 Å². The van der Waals surface area contributed by atoms with Gasteiger partial charge in [-0.15, -0.1) is 0 Å². The molecule has 1 aliphatic rings. The molecule has 0 spiro atoms. The first-order valence-electron chi connectivity index (χ1n) is 6.35. The first kappa shape index (κ1) is 13.4. The highest BCUT2D eigenvalue weighted by Crippen LogP contribution is 2.26. The molecule has 2 nitrogen and oxygen atoms in total. The van der Waals surface area contributed by atoms with E-state index >= 15 is 0 Å². The van der Waals surface area contributed by atoms with Gasteiger partial charge < -0.3 is 10.1 Å². The fourth-order valence-electron chi connectivity index (χ4n) is 2.19. The van der Waals surface area contributed by atoms with Gasteiger partial charge in [0.05, 0.1) is 6.10 Å². The lowest BCUT2D eigenvalue weighted by atomic mass is 9.95. The molecule has 0 radical (unpaired) electrons. The minimum absolute atomic E-state index is 0.0423. The van der Waals surface area contributed by atoms with Crippen LogP contribution in [0.3, 0.4) is 0 Å². The van der Waals surface area contributed by atoms with Crippen LogP contribution in [0.2, 0.25) is 0 Å². The zero-order valence-corrected chi connectivity index (χ0v) is 10.8. The Morgan fingerprint density at radius 3 is 2.61 bits per heavy atom. The van der Waals surface area contributed by atoms with Crippen LogP contribution in [0.1, 0.15) is 38.4 Å². The summed E-state index contributed by atoms with van der Waals surface area (Å²) in [5.41, 5.74) is 0.598. The predicted octanol–water partition coefficient (Wildman–Crippen LogP) is 3.18. The molecule has 1 aliphatic heterocycles. The normalized spacial score (nSPS) is 29.0. The number of ether oxygens (including phenoxy) is 1. The van der Waals surface area contributed by atoms with Crippen LogP contribution in [0.25, 0.3) is 0 Å². The van der Waals surface area contributed by atoms with Gasteiger partial charge in [0, 0.05) is 24.8 Å². The molecule has 1 aromatic carbocycles. The minimum Gasteiger partial charge on any atom is -0.372 e. The summed E-state index contributed by atoms with van der Waals surface area (Å²) in [6.07, 6.45) is 1.61. The molecule has 2 rings (SSSR count). The fourth-order valence-corrected chi connectivity index (χ4v) is 2.19. The molecule has 1 fully saturated rings. The molecule has 2 unspecified atom stereocenters. The van der Waals surface area contributed by atoms with E-state index in [4.69, 9.17) is 4.74 Å². The summed E-state index contributed by atoms with van der Waals surface area (Å²) in [5, 5.41) is 3.43. The van der Waals surface area contributed by atoms with Gasteiger partial charge in [-0.1, -0.05) is 6.92 Å². The van der Waals surface area contributed by atoms with Crippen LogP contribution in [0.4, 0.5) is 8.78 Å². The highest BCUT2D eigenvalue weighted by atomic mass is 19.1. The van der Waals surface area contributed by atoms with Crippen molar-refractivity contribution in [3.63, 3.8) is 0 Å². The van der Waals surface area contributed by atoms with Crippen molar-refractivity contribution in [3.8, 4) is 0 Å². The molecule has 18 heavy (non-hydrogen) atoms. The number of hydrogen-bond donors (Lipinski definition) is 1. The Bertz CT molecular complexity index is 404. The SMILES string of the molecule is CCC1(C)CCOC(c2cc(F)cc(F)c2)CN1. The van der Waals surface area contributed by atoms with E-state index in [1.54, 1.807) is 0 Å². The van der Waals surface area contributed by atoms with Crippen LogP contribution in [0.5, 0.6) is 0 Å². The van der Waals surface area contributed by atoms with Gasteiger partial charge in [-0.25, -0.2) is 8.78 Å². The summed E-state index contributed by atoms with van der Waals surface area (Å²) in [4.78, 5) is 0. The molecule has 0 saturated carbocycles. The molecule has 100 valence electrons. The third kappa shape index (κ3) is 3.06. The van der Waals surface area contributed by atoms with Gasteiger partial charge in [0.15, 0.2) is 0 Å². The predicted molar refractivity (Wildman–Crippen MR) is 66.4 cm³/mol. The van der Waals surface area contributed by atoms with Gasteiger partial charge in [-0.05, 0) is 37.5 Å². The van der Waals surface area contributed by atoms with Crippen molar-refractivity contribution in [1.29, 1.82) is 0 Å². The Morgan fingerprint density at radius 2 is 2.00 bits per heavy atom. The van der Waals surface area contributed by atoms with E-state index in [9.17, 15) is 8.78 Å². The lowest BCUT2D eigenvalue weighted by Crippen LogP contribution is -2.42. The van der Waals surface area contributed by atoms with E-state index in [0.29, 0.717) is 18.7 Å². The molecular weight excluding hydrogens is 236 g/mol. The molecule has 0 aromatic heterocycles. The van der Waals surface area contributed by atoms with Crippen molar-refractivity contribution in [2.75, 3.05) is 13.2 Å². The zero-order valence-electron chi connectivity index (χ0n) is 10.8. The Hall–Kier alpha value is -1.00. The average Bonchev–Trinajstić information content (AvgIpc) is 2.51. The summed E-state index contributed by atoms with van der Waals surface area (Å²) < 4.78 is 32.1. The second-order valence-electron chi connectivity index (χ2n) is 5.11. The molecule has 0 amide bonds. The van der Waals surface area contributed by atoms with Gasteiger partial charge in [0.25, 0.3) is 0 Å². The first-order chi connectivity index (χ1) is 8.52. The Balaban J connectivity index is 2.14. The summed E-state index contributed by atoms with van der Waals surface area (Å²) in [6, 6.07) is 3.55. The lowest BCUT2D eigenvalue weighted by Gasteiger charge is -2.27. The van der Waals surface area contributed by atoms with Crippen LogP contribution < -0.4 is 5.32 Å². The maximum absolute atomic E-state index is 13.2. The Kier molecular flexibility index (Phi) is 3.97. The van der Waals surface area contributed by atoms with Crippen molar-refractivity contribution < 1.29 is 13.5 Å². The van der Waals surface area contributed by atoms with Gasteiger partial charge >= 0.3 is 0 Å². The third-order valence-corrected chi connectivity index (χ3v) is 3.72. The zero-order chi connectivity index (χ0) is 13.2. The van der Waals surface area contributed by atoms with E-state index in [1.165, 1.54) is 12.1 Å². The molecule has 1 heterocycles.